The lowest BCUT2D eigenvalue weighted by Crippen LogP contribution is -2.27. The molecule has 9 heteroatoms. The lowest BCUT2D eigenvalue weighted by Gasteiger charge is -2.14. The number of ether oxygens (including phenoxy) is 2. The summed E-state index contributed by atoms with van der Waals surface area (Å²) in [5.41, 5.74) is 4.24. The summed E-state index contributed by atoms with van der Waals surface area (Å²) in [7, 11) is 0. The van der Waals surface area contributed by atoms with Gasteiger partial charge in [0.15, 0.2) is 18.1 Å². The van der Waals surface area contributed by atoms with Gasteiger partial charge in [0.2, 0.25) is 0 Å². The quantitative estimate of drug-likeness (QED) is 0.302. The number of aryl methyl sites for hydroxylation is 2. The molecule has 1 saturated heterocycles. The number of hydrogen-bond acceptors (Lipinski definition) is 6. The first-order valence-corrected chi connectivity index (χ1v) is 13.2. The van der Waals surface area contributed by atoms with Crippen molar-refractivity contribution in [3.05, 3.63) is 92.8 Å². The number of hydrogen-bond donors (Lipinski definition) is 1. The van der Waals surface area contributed by atoms with Gasteiger partial charge in [-0.15, -0.1) is 0 Å². The summed E-state index contributed by atoms with van der Waals surface area (Å²) in [6, 6.07) is 18.0. The summed E-state index contributed by atoms with van der Waals surface area (Å²) in [6.45, 7) is 6.09. The molecule has 1 heterocycles. The second kappa shape index (κ2) is 12.2. The third-order valence-electron chi connectivity index (χ3n) is 5.68. The Morgan fingerprint density at radius 1 is 1.03 bits per heavy atom. The molecule has 7 nitrogen and oxygen atoms in total. The van der Waals surface area contributed by atoms with Gasteiger partial charge in [-0.3, -0.25) is 19.3 Å². The van der Waals surface area contributed by atoms with E-state index in [0.717, 1.165) is 34.1 Å². The van der Waals surface area contributed by atoms with Crippen LogP contribution in [0.25, 0.3) is 6.08 Å². The fourth-order valence-corrected chi connectivity index (χ4v) is 4.94. The average molecular weight is 551 g/mol. The standard InChI is InChI=1S/C29H27ClN2O5S/c1-4-36-25-14-20(9-11-24(25)37-17-27(33)31-23-10-8-18(2)12-19(23)3)15-26-28(34)32(29(35)38-26)16-21-6-5-7-22(30)13-21/h5-15H,4,16-17H2,1-3H3,(H,31,33)/b26-15-. The molecule has 1 fully saturated rings. The number of halogens is 1. The van der Waals surface area contributed by atoms with Crippen LogP contribution in [-0.2, 0) is 16.1 Å². The summed E-state index contributed by atoms with van der Waals surface area (Å²) in [5.74, 6) is 0.158. The molecule has 4 rings (SSSR count). The third-order valence-corrected chi connectivity index (χ3v) is 6.83. The smallest absolute Gasteiger partial charge is 0.293 e. The number of carbonyl (C=O) groups is 3. The molecular weight excluding hydrogens is 524 g/mol. The maximum absolute atomic E-state index is 12.9. The second-order valence-electron chi connectivity index (χ2n) is 8.69. The van der Waals surface area contributed by atoms with Gasteiger partial charge in [-0.05, 0) is 85.6 Å². The molecule has 3 amide bonds. The highest BCUT2D eigenvalue weighted by molar-refractivity contribution is 8.18. The molecule has 0 saturated carbocycles. The summed E-state index contributed by atoms with van der Waals surface area (Å²) >= 11 is 6.91. The first-order chi connectivity index (χ1) is 18.2. The number of imide groups is 1. The first kappa shape index (κ1) is 27.3. The van der Waals surface area contributed by atoms with Crippen molar-refractivity contribution in [1.29, 1.82) is 0 Å². The van der Waals surface area contributed by atoms with Crippen molar-refractivity contribution in [2.45, 2.75) is 27.3 Å². The van der Waals surface area contributed by atoms with E-state index in [-0.39, 0.29) is 30.2 Å². The van der Waals surface area contributed by atoms with E-state index in [1.54, 1.807) is 42.5 Å². The number of nitrogens with zero attached hydrogens (tertiary/aromatic N) is 1. The average Bonchev–Trinajstić information content (AvgIpc) is 3.13. The number of rotatable bonds is 9. The molecule has 1 aliphatic heterocycles. The second-order valence-corrected chi connectivity index (χ2v) is 10.1. The number of anilines is 1. The van der Waals surface area contributed by atoms with Gasteiger partial charge < -0.3 is 14.8 Å². The SMILES string of the molecule is CCOc1cc(/C=C2\SC(=O)N(Cc3cccc(Cl)c3)C2=O)ccc1OCC(=O)Nc1ccc(C)cc1C. The minimum Gasteiger partial charge on any atom is -0.490 e. The van der Waals surface area contributed by atoms with Gasteiger partial charge in [0.05, 0.1) is 18.1 Å². The molecule has 1 N–H and O–H groups in total. The zero-order valence-corrected chi connectivity index (χ0v) is 22.8. The molecule has 3 aromatic carbocycles. The van der Waals surface area contributed by atoms with Gasteiger partial charge in [-0.1, -0.05) is 47.5 Å². The van der Waals surface area contributed by atoms with Gasteiger partial charge in [-0.25, -0.2) is 0 Å². The topological polar surface area (TPSA) is 84.9 Å². The Labute approximate surface area is 230 Å². The normalized spacial score (nSPS) is 14.2. The van der Waals surface area contributed by atoms with Crippen molar-refractivity contribution in [3.8, 4) is 11.5 Å². The van der Waals surface area contributed by atoms with Crippen LogP contribution in [0.15, 0.2) is 65.6 Å². The molecule has 196 valence electrons. The van der Waals surface area contributed by atoms with E-state index >= 15 is 0 Å². The van der Waals surface area contributed by atoms with Crippen LogP contribution < -0.4 is 14.8 Å². The molecule has 3 aromatic rings. The third kappa shape index (κ3) is 6.76. The van der Waals surface area contributed by atoms with Crippen molar-refractivity contribution in [2.75, 3.05) is 18.5 Å². The fraction of sp³-hybridized carbons (Fsp3) is 0.207. The van der Waals surface area contributed by atoms with Crippen LogP contribution in [-0.4, -0.2) is 35.2 Å². The molecule has 0 radical (unpaired) electrons. The van der Waals surface area contributed by atoms with Gasteiger partial charge in [0.1, 0.15) is 0 Å². The number of carbonyl (C=O) groups excluding carboxylic acids is 3. The van der Waals surface area contributed by atoms with Gasteiger partial charge >= 0.3 is 0 Å². The Hall–Kier alpha value is -3.75. The predicted octanol–water partition coefficient (Wildman–Crippen LogP) is 6.61. The van der Waals surface area contributed by atoms with Gasteiger partial charge in [0, 0.05) is 10.7 Å². The predicted molar refractivity (Wildman–Crippen MR) is 151 cm³/mol. The maximum atomic E-state index is 12.9. The molecule has 0 spiro atoms. The van der Waals surface area contributed by atoms with Crippen molar-refractivity contribution < 1.29 is 23.9 Å². The number of thioether (sulfide) groups is 1. The monoisotopic (exact) mass is 550 g/mol. The molecule has 0 bridgehead atoms. The van der Waals surface area contributed by atoms with E-state index in [2.05, 4.69) is 5.32 Å². The summed E-state index contributed by atoms with van der Waals surface area (Å²) in [4.78, 5) is 39.4. The van der Waals surface area contributed by atoms with Crippen LogP contribution in [0, 0.1) is 13.8 Å². The van der Waals surface area contributed by atoms with Crippen LogP contribution in [0.2, 0.25) is 5.02 Å². The van der Waals surface area contributed by atoms with Crippen LogP contribution in [0.5, 0.6) is 11.5 Å². The van der Waals surface area contributed by atoms with Crippen molar-refractivity contribution in [3.63, 3.8) is 0 Å². The molecule has 0 aromatic heterocycles. The van der Waals surface area contributed by atoms with E-state index < -0.39 is 0 Å². The van der Waals surface area contributed by atoms with Crippen LogP contribution in [0.3, 0.4) is 0 Å². The van der Waals surface area contributed by atoms with E-state index in [1.807, 2.05) is 45.0 Å². The number of amides is 3. The Kier molecular flexibility index (Phi) is 8.76. The van der Waals surface area contributed by atoms with Crippen LogP contribution >= 0.6 is 23.4 Å². The van der Waals surface area contributed by atoms with Crippen LogP contribution in [0.1, 0.15) is 29.2 Å². The maximum Gasteiger partial charge on any atom is 0.293 e. The van der Waals surface area contributed by atoms with Crippen LogP contribution in [0.4, 0.5) is 10.5 Å². The highest BCUT2D eigenvalue weighted by atomic mass is 35.5. The molecular formula is C29H27ClN2O5S. The summed E-state index contributed by atoms with van der Waals surface area (Å²) in [6.07, 6.45) is 1.64. The Morgan fingerprint density at radius 2 is 1.84 bits per heavy atom. The zero-order valence-electron chi connectivity index (χ0n) is 21.2. The first-order valence-electron chi connectivity index (χ1n) is 12.0. The summed E-state index contributed by atoms with van der Waals surface area (Å²) in [5, 5.41) is 3.05. The van der Waals surface area contributed by atoms with E-state index in [1.165, 1.54) is 4.90 Å². The zero-order chi connectivity index (χ0) is 27.2. The van der Waals surface area contributed by atoms with Gasteiger partial charge in [-0.2, -0.15) is 0 Å². The Morgan fingerprint density at radius 3 is 2.58 bits per heavy atom. The lowest BCUT2D eigenvalue weighted by molar-refractivity contribution is -0.123. The number of nitrogens with one attached hydrogen (secondary N) is 1. The summed E-state index contributed by atoms with van der Waals surface area (Å²) < 4.78 is 11.5. The Balaban J connectivity index is 1.44. The minimum absolute atomic E-state index is 0.143. The minimum atomic E-state index is -0.374. The van der Waals surface area contributed by atoms with E-state index in [0.29, 0.717) is 33.6 Å². The number of benzene rings is 3. The molecule has 0 unspecified atom stereocenters. The largest absolute Gasteiger partial charge is 0.490 e. The molecule has 0 aliphatic carbocycles. The van der Waals surface area contributed by atoms with Gasteiger partial charge in [0.25, 0.3) is 17.1 Å². The highest BCUT2D eigenvalue weighted by Crippen LogP contribution is 2.35. The molecule has 0 atom stereocenters. The fourth-order valence-electron chi connectivity index (χ4n) is 3.89. The Bertz CT molecular complexity index is 1420. The van der Waals surface area contributed by atoms with Crippen molar-refractivity contribution in [1.82, 2.24) is 4.90 Å². The lowest BCUT2D eigenvalue weighted by atomic mass is 10.1. The van der Waals surface area contributed by atoms with E-state index in [4.69, 9.17) is 21.1 Å². The highest BCUT2D eigenvalue weighted by Gasteiger charge is 2.35. The molecule has 38 heavy (non-hydrogen) atoms. The van der Waals surface area contributed by atoms with Crippen molar-refractivity contribution in [2.24, 2.45) is 0 Å². The molecule has 1 aliphatic rings. The van der Waals surface area contributed by atoms with E-state index in [9.17, 15) is 14.4 Å². The van der Waals surface area contributed by atoms with Crippen molar-refractivity contribution >= 4 is 52.2 Å².